The summed E-state index contributed by atoms with van der Waals surface area (Å²) in [4.78, 5) is 18.7. The molecule has 0 radical (unpaired) electrons. The number of benzene rings is 1. The second-order valence-corrected chi connectivity index (χ2v) is 7.83. The quantitative estimate of drug-likeness (QED) is 0.593. The zero-order chi connectivity index (χ0) is 23.0. The number of alkyl halides is 3. The lowest BCUT2D eigenvalue weighted by Gasteiger charge is -2.22. The largest absolute Gasteiger partial charge is 0.497 e. The molecule has 0 saturated carbocycles. The van der Waals surface area contributed by atoms with Gasteiger partial charge >= 0.3 is 6.18 Å². The normalized spacial score (nSPS) is 17.6. The molecule has 0 aliphatic carbocycles. The minimum atomic E-state index is -4.54. The molecule has 2 atom stereocenters. The van der Waals surface area contributed by atoms with Gasteiger partial charge in [-0.25, -0.2) is 9.50 Å². The molecule has 1 amide bonds. The highest BCUT2D eigenvalue weighted by Crippen LogP contribution is 2.32. The fourth-order valence-corrected chi connectivity index (χ4v) is 3.91. The zero-order valence-corrected chi connectivity index (χ0v) is 17.9. The highest BCUT2D eigenvalue weighted by atomic mass is 19.4. The Hall–Kier alpha value is -3.30. The molecule has 1 fully saturated rings. The van der Waals surface area contributed by atoms with E-state index in [1.165, 1.54) is 6.92 Å². The molecule has 170 valence electrons. The van der Waals surface area contributed by atoms with Crippen molar-refractivity contribution >= 4 is 11.6 Å². The standard InChI is InChI=1S/C22H23F3N4O3/c1-13-9-19(22(23,24)25)29-20(26-13)11-18(27-29)15-7-8-28(12-15)21(30)14(2)32-17-6-4-5-16(10-17)31-3/h4-6,9-11,14-15H,7-8,12H2,1-3H3/t14-,15+/m0/s1. The van der Waals surface area contributed by atoms with Crippen molar-refractivity contribution in [1.82, 2.24) is 19.5 Å². The van der Waals surface area contributed by atoms with Gasteiger partial charge in [-0.3, -0.25) is 4.79 Å². The molecule has 1 aliphatic rings. The van der Waals surface area contributed by atoms with Crippen LogP contribution in [0.5, 0.6) is 11.5 Å². The van der Waals surface area contributed by atoms with Gasteiger partial charge in [0.25, 0.3) is 5.91 Å². The molecule has 4 rings (SSSR count). The smallest absolute Gasteiger partial charge is 0.433 e. The van der Waals surface area contributed by atoms with Crippen molar-refractivity contribution < 1.29 is 27.4 Å². The summed E-state index contributed by atoms with van der Waals surface area (Å²) in [6.07, 6.45) is -4.66. The predicted octanol–water partition coefficient (Wildman–Crippen LogP) is 3.85. The highest BCUT2D eigenvalue weighted by molar-refractivity contribution is 5.81. The Morgan fingerprint density at radius 1 is 1.22 bits per heavy atom. The average molecular weight is 448 g/mol. The van der Waals surface area contributed by atoms with E-state index in [-0.39, 0.29) is 23.2 Å². The van der Waals surface area contributed by atoms with Crippen molar-refractivity contribution in [3.05, 3.63) is 53.5 Å². The highest BCUT2D eigenvalue weighted by Gasteiger charge is 2.36. The van der Waals surface area contributed by atoms with Crippen molar-refractivity contribution in [3.8, 4) is 11.5 Å². The number of hydrogen-bond donors (Lipinski definition) is 0. The maximum Gasteiger partial charge on any atom is 0.433 e. The molecule has 10 heteroatoms. The Bertz CT molecular complexity index is 1150. The first-order valence-electron chi connectivity index (χ1n) is 10.2. The lowest BCUT2D eigenvalue weighted by molar-refractivity contribution is -0.142. The topological polar surface area (TPSA) is 69.0 Å². The summed E-state index contributed by atoms with van der Waals surface area (Å²) in [5.41, 5.74) is 0.0394. The lowest BCUT2D eigenvalue weighted by Crippen LogP contribution is -2.39. The third kappa shape index (κ3) is 4.35. The molecule has 1 aliphatic heterocycles. The molecule has 7 nitrogen and oxygen atoms in total. The number of carbonyl (C=O) groups is 1. The van der Waals surface area contributed by atoms with Crippen molar-refractivity contribution in [1.29, 1.82) is 0 Å². The SMILES string of the molecule is COc1cccc(O[C@@H](C)C(=O)N2CC[C@@H](c3cc4nc(C)cc(C(F)(F)F)n4n3)C2)c1. The fraction of sp³-hybridized carbons (Fsp3) is 0.409. The van der Waals surface area contributed by atoms with Crippen LogP contribution in [0.3, 0.4) is 0 Å². The molecule has 1 aromatic carbocycles. The molecular formula is C22H23F3N4O3. The van der Waals surface area contributed by atoms with Gasteiger partial charge in [-0.2, -0.15) is 18.3 Å². The van der Waals surface area contributed by atoms with E-state index < -0.39 is 18.0 Å². The van der Waals surface area contributed by atoms with Crippen LogP contribution in [0.25, 0.3) is 5.65 Å². The maximum atomic E-state index is 13.4. The van der Waals surface area contributed by atoms with E-state index in [2.05, 4.69) is 10.1 Å². The van der Waals surface area contributed by atoms with Gasteiger partial charge in [0.05, 0.1) is 12.8 Å². The molecule has 0 N–H and O–H groups in total. The van der Waals surface area contributed by atoms with Gasteiger partial charge in [-0.15, -0.1) is 0 Å². The third-order valence-electron chi connectivity index (χ3n) is 5.48. The first-order valence-corrected chi connectivity index (χ1v) is 10.2. The van der Waals surface area contributed by atoms with E-state index in [9.17, 15) is 18.0 Å². The van der Waals surface area contributed by atoms with E-state index in [1.54, 1.807) is 49.3 Å². The lowest BCUT2D eigenvalue weighted by atomic mass is 10.1. The monoisotopic (exact) mass is 448 g/mol. The number of nitrogens with zero attached hydrogens (tertiary/aromatic N) is 4. The van der Waals surface area contributed by atoms with Crippen LogP contribution in [0, 0.1) is 6.92 Å². The molecule has 32 heavy (non-hydrogen) atoms. The minimum Gasteiger partial charge on any atom is -0.497 e. The number of ether oxygens (including phenoxy) is 2. The Labute approximate surface area is 182 Å². The predicted molar refractivity (Wildman–Crippen MR) is 110 cm³/mol. The number of aryl methyl sites for hydroxylation is 1. The van der Waals surface area contributed by atoms with E-state index in [0.717, 1.165) is 10.6 Å². The van der Waals surface area contributed by atoms with Gasteiger partial charge in [-0.05, 0) is 38.5 Å². The first-order chi connectivity index (χ1) is 15.2. The maximum absolute atomic E-state index is 13.4. The number of methoxy groups -OCH3 is 1. The van der Waals surface area contributed by atoms with Gasteiger partial charge in [0.1, 0.15) is 17.2 Å². The second kappa shape index (κ2) is 8.33. The Morgan fingerprint density at radius 3 is 2.69 bits per heavy atom. The van der Waals surface area contributed by atoms with E-state index >= 15 is 0 Å². The van der Waals surface area contributed by atoms with Crippen LogP contribution >= 0.6 is 0 Å². The molecule has 0 unspecified atom stereocenters. The number of amides is 1. The van der Waals surface area contributed by atoms with Crippen LogP contribution in [-0.4, -0.2) is 51.7 Å². The van der Waals surface area contributed by atoms with E-state index in [4.69, 9.17) is 9.47 Å². The van der Waals surface area contributed by atoms with Gasteiger partial charge in [-0.1, -0.05) is 6.07 Å². The summed E-state index contributed by atoms with van der Waals surface area (Å²) in [6.45, 7) is 4.01. The number of hydrogen-bond acceptors (Lipinski definition) is 5. The average Bonchev–Trinajstić information content (AvgIpc) is 3.39. The molecular weight excluding hydrogens is 425 g/mol. The van der Waals surface area contributed by atoms with Gasteiger partial charge in [0.15, 0.2) is 11.8 Å². The summed E-state index contributed by atoms with van der Waals surface area (Å²) in [5, 5.41) is 4.18. The Morgan fingerprint density at radius 2 is 1.97 bits per heavy atom. The number of aromatic nitrogens is 3. The fourth-order valence-electron chi connectivity index (χ4n) is 3.91. The van der Waals surface area contributed by atoms with Crippen LogP contribution in [0.1, 0.15) is 36.3 Å². The van der Waals surface area contributed by atoms with Crippen LogP contribution in [0.4, 0.5) is 13.2 Å². The molecule has 0 bridgehead atoms. The number of likely N-dealkylation sites (tertiary alicyclic amines) is 1. The minimum absolute atomic E-state index is 0.145. The van der Waals surface area contributed by atoms with E-state index in [0.29, 0.717) is 36.7 Å². The van der Waals surface area contributed by atoms with Crippen LogP contribution in [0.15, 0.2) is 36.4 Å². The third-order valence-corrected chi connectivity index (χ3v) is 5.48. The number of halogens is 3. The van der Waals surface area contributed by atoms with Gasteiger partial charge < -0.3 is 14.4 Å². The first kappa shape index (κ1) is 21.9. The van der Waals surface area contributed by atoms with E-state index in [1.807, 2.05) is 0 Å². The summed E-state index contributed by atoms with van der Waals surface area (Å²) >= 11 is 0. The molecule has 3 aromatic rings. The van der Waals surface area contributed by atoms with Gasteiger partial charge in [0.2, 0.25) is 0 Å². The molecule has 1 saturated heterocycles. The van der Waals surface area contributed by atoms with Crippen LogP contribution in [0.2, 0.25) is 0 Å². The summed E-state index contributed by atoms with van der Waals surface area (Å²) in [7, 11) is 1.55. The van der Waals surface area contributed by atoms with Crippen LogP contribution in [-0.2, 0) is 11.0 Å². The summed E-state index contributed by atoms with van der Waals surface area (Å²) in [5.74, 6) is 0.773. The molecule has 3 heterocycles. The van der Waals surface area contributed by atoms with Crippen molar-refractivity contribution in [2.75, 3.05) is 20.2 Å². The summed E-state index contributed by atoms with van der Waals surface area (Å²) in [6, 6.07) is 9.53. The summed E-state index contributed by atoms with van der Waals surface area (Å²) < 4.78 is 52.0. The molecule has 2 aromatic heterocycles. The number of rotatable bonds is 5. The van der Waals surface area contributed by atoms with Crippen LogP contribution < -0.4 is 9.47 Å². The van der Waals surface area contributed by atoms with Gasteiger partial charge in [0, 0.05) is 36.8 Å². The molecule has 0 spiro atoms. The second-order valence-electron chi connectivity index (χ2n) is 7.83. The van der Waals surface area contributed by atoms with Crippen molar-refractivity contribution in [3.63, 3.8) is 0 Å². The van der Waals surface area contributed by atoms with Crippen molar-refractivity contribution in [2.24, 2.45) is 0 Å². The zero-order valence-electron chi connectivity index (χ0n) is 17.9. The Balaban J connectivity index is 1.48. The van der Waals surface area contributed by atoms with Crippen molar-refractivity contribution in [2.45, 2.75) is 38.5 Å². The number of fused-ring (bicyclic) bond motifs is 1. The Kier molecular flexibility index (Phi) is 5.70. The number of carbonyl (C=O) groups excluding carboxylic acids is 1.